The maximum Gasteiger partial charge on any atom is 0.217 e. The minimum Gasteiger partial charge on any atom is -0.593 e. The molecule has 1 aromatic rings. The third-order valence-electron chi connectivity index (χ3n) is 3.22. The summed E-state index contributed by atoms with van der Waals surface area (Å²) in [5.74, 6) is 0.529. The minimum absolute atomic E-state index is 0.104. The third kappa shape index (κ3) is 3.42. The topological polar surface area (TPSA) is 74.6 Å². The Hall–Kier alpha value is -1.21. The van der Waals surface area contributed by atoms with Gasteiger partial charge in [0.25, 0.3) is 0 Å². The van der Waals surface area contributed by atoms with Crippen LogP contribution in [-0.2, 0) is 4.74 Å². The fourth-order valence-corrected chi connectivity index (χ4v) is 2.16. The molecule has 19 heavy (non-hydrogen) atoms. The van der Waals surface area contributed by atoms with E-state index >= 15 is 0 Å². The van der Waals surface area contributed by atoms with Crippen molar-refractivity contribution in [2.75, 3.05) is 20.3 Å². The van der Waals surface area contributed by atoms with Crippen LogP contribution in [0.5, 0.6) is 5.88 Å². The molecule has 1 saturated heterocycles. The molecule has 6 nitrogen and oxygen atoms in total. The van der Waals surface area contributed by atoms with Gasteiger partial charge in [-0.05, 0) is 13.8 Å². The van der Waals surface area contributed by atoms with Crippen LogP contribution in [0.25, 0.3) is 0 Å². The zero-order valence-electron chi connectivity index (χ0n) is 11.5. The highest BCUT2D eigenvalue weighted by atomic mass is 16.8. The van der Waals surface area contributed by atoms with E-state index in [1.807, 2.05) is 6.92 Å². The lowest BCUT2D eigenvalue weighted by atomic mass is 10.1. The average molecular weight is 268 g/mol. The van der Waals surface area contributed by atoms with Gasteiger partial charge in [-0.2, -0.15) is 4.81 Å². The standard InChI is InChI=1S/C13H20N2O4/c1-9-8-12(15(3,16)17)10(2)14-13(9)19-11-4-6-18-7-5-11/h8,11,16H,4-7H2,1-3H3. The molecule has 1 atom stereocenters. The van der Waals surface area contributed by atoms with Gasteiger partial charge in [-0.15, -0.1) is 0 Å². The molecule has 106 valence electrons. The van der Waals surface area contributed by atoms with Gasteiger partial charge in [-0.3, -0.25) is 0 Å². The summed E-state index contributed by atoms with van der Waals surface area (Å²) in [4.78, 5) is 2.82. The number of quaternary nitrogens is 1. The van der Waals surface area contributed by atoms with Crippen molar-refractivity contribution in [3.8, 4) is 5.88 Å². The first-order valence-electron chi connectivity index (χ1n) is 6.41. The van der Waals surface area contributed by atoms with Gasteiger partial charge < -0.3 is 14.7 Å². The Morgan fingerprint density at radius 1 is 1.42 bits per heavy atom. The van der Waals surface area contributed by atoms with E-state index in [1.165, 1.54) is 0 Å². The van der Waals surface area contributed by atoms with Gasteiger partial charge >= 0.3 is 0 Å². The second-order valence-corrected chi connectivity index (χ2v) is 5.02. The van der Waals surface area contributed by atoms with Gasteiger partial charge in [0.1, 0.15) is 18.8 Å². The molecule has 1 aliphatic heterocycles. The number of hydrogen-bond acceptors (Lipinski definition) is 5. The molecule has 1 fully saturated rings. The number of hydroxylamine groups is 2. The first-order chi connectivity index (χ1) is 8.88. The van der Waals surface area contributed by atoms with Crippen molar-refractivity contribution in [2.45, 2.75) is 32.8 Å². The fraction of sp³-hybridized carbons (Fsp3) is 0.615. The highest BCUT2D eigenvalue weighted by molar-refractivity contribution is 5.50. The summed E-state index contributed by atoms with van der Waals surface area (Å²) >= 11 is 0. The summed E-state index contributed by atoms with van der Waals surface area (Å²) < 4.78 is 11.1. The van der Waals surface area contributed by atoms with Crippen LogP contribution in [-0.4, -0.2) is 36.6 Å². The number of rotatable bonds is 3. The lowest BCUT2D eigenvalue weighted by molar-refractivity contribution is -0.00550. The van der Waals surface area contributed by atoms with E-state index in [1.54, 1.807) is 13.0 Å². The lowest BCUT2D eigenvalue weighted by Crippen LogP contribution is -2.34. The van der Waals surface area contributed by atoms with Gasteiger partial charge in [0.15, 0.2) is 5.69 Å². The summed E-state index contributed by atoms with van der Waals surface area (Å²) in [5.41, 5.74) is 1.46. The van der Waals surface area contributed by atoms with Crippen molar-refractivity contribution in [2.24, 2.45) is 0 Å². The molecular weight excluding hydrogens is 248 g/mol. The third-order valence-corrected chi connectivity index (χ3v) is 3.22. The maximum atomic E-state index is 11.6. The van der Waals surface area contributed by atoms with Crippen LogP contribution >= 0.6 is 0 Å². The number of hydrogen-bond donors (Lipinski definition) is 1. The molecule has 1 aliphatic rings. The molecule has 1 aromatic heterocycles. The van der Waals surface area contributed by atoms with Crippen molar-refractivity contribution in [3.63, 3.8) is 0 Å². The number of pyridine rings is 1. The van der Waals surface area contributed by atoms with E-state index in [0.717, 1.165) is 25.5 Å². The normalized spacial score (nSPS) is 20.1. The van der Waals surface area contributed by atoms with Gasteiger partial charge in [0, 0.05) is 24.5 Å². The van der Waals surface area contributed by atoms with Crippen molar-refractivity contribution in [1.82, 2.24) is 9.79 Å². The second-order valence-electron chi connectivity index (χ2n) is 5.02. The van der Waals surface area contributed by atoms with Crippen LogP contribution in [0, 0.1) is 19.1 Å². The highest BCUT2D eigenvalue weighted by Gasteiger charge is 2.21. The minimum atomic E-state index is -1.47. The molecule has 0 radical (unpaired) electrons. The second kappa shape index (κ2) is 5.42. The smallest absolute Gasteiger partial charge is 0.217 e. The Kier molecular flexibility index (Phi) is 4.05. The molecule has 0 aromatic carbocycles. The molecule has 0 amide bonds. The van der Waals surface area contributed by atoms with Crippen molar-refractivity contribution in [3.05, 3.63) is 22.5 Å². The molecule has 1 unspecified atom stereocenters. The Morgan fingerprint density at radius 3 is 2.63 bits per heavy atom. The predicted molar refractivity (Wildman–Crippen MR) is 71.1 cm³/mol. The van der Waals surface area contributed by atoms with E-state index in [9.17, 15) is 10.4 Å². The van der Waals surface area contributed by atoms with E-state index in [-0.39, 0.29) is 11.8 Å². The summed E-state index contributed by atoms with van der Waals surface area (Å²) in [6, 6.07) is 1.63. The average Bonchev–Trinajstić information content (AvgIpc) is 2.33. The summed E-state index contributed by atoms with van der Waals surface area (Å²) in [7, 11) is 1.16. The molecule has 0 saturated carbocycles. The highest BCUT2D eigenvalue weighted by Crippen LogP contribution is 2.28. The van der Waals surface area contributed by atoms with Crippen molar-refractivity contribution < 1.29 is 14.7 Å². The first kappa shape index (κ1) is 14.2. The largest absolute Gasteiger partial charge is 0.593 e. The van der Waals surface area contributed by atoms with Crippen LogP contribution in [0.2, 0.25) is 0 Å². The van der Waals surface area contributed by atoms with Crippen molar-refractivity contribution in [1.29, 1.82) is 0 Å². The van der Waals surface area contributed by atoms with Gasteiger partial charge in [-0.25, -0.2) is 10.2 Å². The van der Waals surface area contributed by atoms with E-state index in [4.69, 9.17) is 9.47 Å². The van der Waals surface area contributed by atoms with Crippen LogP contribution in [0.3, 0.4) is 0 Å². The lowest BCUT2D eigenvalue weighted by Gasteiger charge is -2.30. The van der Waals surface area contributed by atoms with E-state index < -0.39 is 4.81 Å². The number of aromatic nitrogens is 1. The van der Waals surface area contributed by atoms with Crippen molar-refractivity contribution >= 4 is 5.69 Å². The summed E-state index contributed by atoms with van der Waals surface area (Å²) in [6.07, 6.45) is 1.79. The van der Waals surface area contributed by atoms with E-state index in [0.29, 0.717) is 24.8 Å². The van der Waals surface area contributed by atoms with Crippen LogP contribution < -0.4 is 9.55 Å². The quantitative estimate of drug-likeness (QED) is 0.671. The summed E-state index contributed by atoms with van der Waals surface area (Å²) in [6.45, 7) is 4.91. The molecule has 0 aliphatic carbocycles. The number of aryl methyl sites for hydroxylation is 2. The van der Waals surface area contributed by atoms with Crippen LogP contribution in [0.15, 0.2) is 6.07 Å². The molecular formula is C13H20N2O4. The number of nitrogens with zero attached hydrogens (tertiary/aromatic N) is 2. The fourth-order valence-electron chi connectivity index (χ4n) is 2.16. The molecule has 2 heterocycles. The number of ether oxygens (including phenoxy) is 2. The molecule has 0 spiro atoms. The zero-order valence-corrected chi connectivity index (χ0v) is 11.5. The Morgan fingerprint density at radius 2 is 2.05 bits per heavy atom. The van der Waals surface area contributed by atoms with E-state index in [2.05, 4.69) is 4.98 Å². The Bertz CT molecular complexity index is 451. The van der Waals surface area contributed by atoms with Gasteiger partial charge in [0.05, 0.1) is 13.2 Å². The Labute approximate surface area is 112 Å². The monoisotopic (exact) mass is 268 g/mol. The van der Waals surface area contributed by atoms with Crippen LogP contribution in [0.1, 0.15) is 24.1 Å². The first-order valence-corrected chi connectivity index (χ1v) is 6.41. The maximum absolute atomic E-state index is 11.6. The van der Waals surface area contributed by atoms with Gasteiger partial charge in [-0.1, -0.05) is 0 Å². The zero-order chi connectivity index (χ0) is 14.0. The van der Waals surface area contributed by atoms with Gasteiger partial charge in [0.2, 0.25) is 5.88 Å². The summed E-state index contributed by atoms with van der Waals surface area (Å²) in [5, 5.41) is 21.1. The molecule has 1 N–H and O–H groups in total. The Balaban J connectivity index is 2.20. The SMILES string of the molecule is Cc1cc([N+](C)([O-])O)c(C)nc1OC1CCOCC1. The molecule has 0 bridgehead atoms. The molecule has 2 rings (SSSR count). The predicted octanol–water partition coefficient (Wildman–Crippen LogP) is 2.08. The van der Waals surface area contributed by atoms with Crippen LogP contribution in [0.4, 0.5) is 5.69 Å². The molecule has 6 heteroatoms.